The third-order valence-electron chi connectivity index (χ3n) is 4.57. The maximum atomic E-state index is 12.5. The smallest absolute Gasteiger partial charge is 0.257 e. The van der Waals surface area contributed by atoms with Crippen LogP contribution in [-0.2, 0) is 11.3 Å². The van der Waals surface area contributed by atoms with Gasteiger partial charge in [-0.2, -0.15) is 0 Å². The quantitative estimate of drug-likeness (QED) is 0.764. The summed E-state index contributed by atoms with van der Waals surface area (Å²) >= 11 is 1.50. The minimum atomic E-state index is -0.125. The number of fused-ring (bicyclic) bond motifs is 1. The van der Waals surface area contributed by atoms with Crippen molar-refractivity contribution in [3.05, 3.63) is 59.2 Å². The number of nitrogens with one attached hydrogen (secondary N) is 1. The van der Waals surface area contributed by atoms with Crippen LogP contribution in [0.4, 0.5) is 5.13 Å². The van der Waals surface area contributed by atoms with Crippen molar-refractivity contribution in [3.63, 3.8) is 0 Å². The fourth-order valence-corrected chi connectivity index (χ4v) is 4.03. The summed E-state index contributed by atoms with van der Waals surface area (Å²) in [6.07, 6.45) is 0. The second kappa shape index (κ2) is 7.53. The molecule has 0 aliphatic carbocycles. The van der Waals surface area contributed by atoms with Crippen molar-refractivity contribution in [1.82, 2.24) is 9.88 Å². The second-order valence-corrected chi connectivity index (χ2v) is 7.51. The fraction of sp³-hybridized carbons (Fsp3) is 0.300. The van der Waals surface area contributed by atoms with Crippen LogP contribution in [0, 0.1) is 6.92 Å². The van der Waals surface area contributed by atoms with E-state index < -0.39 is 0 Å². The lowest BCUT2D eigenvalue weighted by atomic mass is 10.1. The van der Waals surface area contributed by atoms with Gasteiger partial charge in [-0.25, -0.2) is 4.98 Å². The number of anilines is 1. The van der Waals surface area contributed by atoms with Crippen molar-refractivity contribution in [2.24, 2.45) is 0 Å². The van der Waals surface area contributed by atoms with Crippen LogP contribution < -0.4 is 5.32 Å². The molecule has 0 saturated carbocycles. The molecular weight excluding hydrogens is 346 g/mol. The molecule has 0 bridgehead atoms. The highest BCUT2D eigenvalue weighted by atomic mass is 32.1. The van der Waals surface area contributed by atoms with Crippen LogP contribution in [0.15, 0.2) is 42.5 Å². The van der Waals surface area contributed by atoms with Crippen molar-refractivity contribution in [1.29, 1.82) is 0 Å². The van der Waals surface area contributed by atoms with Gasteiger partial charge in [-0.1, -0.05) is 35.6 Å². The Kier molecular flexibility index (Phi) is 4.97. The van der Waals surface area contributed by atoms with E-state index in [1.165, 1.54) is 16.9 Å². The summed E-state index contributed by atoms with van der Waals surface area (Å²) in [5.74, 6) is -0.125. The molecule has 1 fully saturated rings. The lowest BCUT2D eigenvalue weighted by Crippen LogP contribution is -2.35. The van der Waals surface area contributed by atoms with Crippen molar-refractivity contribution >= 4 is 32.6 Å². The summed E-state index contributed by atoms with van der Waals surface area (Å²) < 4.78 is 6.46. The molecule has 6 heteroatoms. The van der Waals surface area contributed by atoms with Gasteiger partial charge in [0.25, 0.3) is 5.91 Å². The number of nitrogens with zero attached hydrogens (tertiary/aromatic N) is 2. The zero-order chi connectivity index (χ0) is 17.9. The fourth-order valence-electron chi connectivity index (χ4n) is 3.09. The zero-order valence-corrected chi connectivity index (χ0v) is 15.5. The minimum absolute atomic E-state index is 0.125. The highest BCUT2D eigenvalue weighted by molar-refractivity contribution is 7.22. The molecule has 0 radical (unpaired) electrons. The SMILES string of the molecule is Cc1cccc2sc(NC(=O)c3ccc(CN4CCOCC4)cc3)nc12. The third-order valence-corrected chi connectivity index (χ3v) is 5.50. The van der Waals surface area contributed by atoms with Gasteiger partial charge in [0, 0.05) is 25.2 Å². The zero-order valence-electron chi connectivity index (χ0n) is 14.7. The van der Waals surface area contributed by atoms with Gasteiger partial charge in [0.2, 0.25) is 0 Å². The number of ether oxygens (including phenoxy) is 1. The lowest BCUT2D eigenvalue weighted by Gasteiger charge is -2.26. The van der Waals surface area contributed by atoms with Gasteiger partial charge in [0.1, 0.15) is 0 Å². The van der Waals surface area contributed by atoms with Crippen molar-refractivity contribution in [2.75, 3.05) is 31.6 Å². The number of morpholine rings is 1. The topological polar surface area (TPSA) is 54.5 Å². The molecule has 3 aromatic rings. The standard InChI is InChI=1S/C20H21N3O2S/c1-14-3-2-4-17-18(14)21-20(26-17)22-19(24)16-7-5-15(6-8-16)13-23-9-11-25-12-10-23/h2-8H,9-13H2,1H3,(H,21,22,24). The molecule has 1 aromatic heterocycles. The van der Waals surface area contributed by atoms with E-state index in [1.54, 1.807) is 0 Å². The van der Waals surface area contributed by atoms with E-state index in [4.69, 9.17) is 4.74 Å². The highest BCUT2D eigenvalue weighted by Crippen LogP contribution is 2.28. The minimum Gasteiger partial charge on any atom is -0.379 e. The first kappa shape index (κ1) is 17.1. The molecule has 1 aliphatic heterocycles. The first-order valence-corrected chi connectivity index (χ1v) is 9.57. The summed E-state index contributed by atoms with van der Waals surface area (Å²) in [5.41, 5.74) is 3.92. The Hall–Kier alpha value is -2.28. The van der Waals surface area contributed by atoms with E-state index >= 15 is 0 Å². The number of rotatable bonds is 4. The molecule has 2 aromatic carbocycles. The van der Waals surface area contributed by atoms with Crippen molar-refractivity contribution < 1.29 is 9.53 Å². The molecular formula is C20H21N3O2S. The van der Waals surface area contributed by atoms with Gasteiger partial charge in [-0.3, -0.25) is 15.0 Å². The molecule has 1 aliphatic rings. The number of amides is 1. The Balaban J connectivity index is 1.43. The first-order valence-electron chi connectivity index (χ1n) is 8.75. The molecule has 0 spiro atoms. The predicted molar refractivity (Wildman–Crippen MR) is 105 cm³/mol. The highest BCUT2D eigenvalue weighted by Gasteiger charge is 2.13. The summed E-state index contributed by atoms with van der Waals surface area (Å²) in [4.78, 5) is 19.4. The molecule has 1 saturated heterocycles. The van der Waals surface area contributed by atoms with Gasteiger partial charge in [0.05, 0.1) is 23.4 Å². The number of para-hydroxylation sites is 1. The molecule has 4 rings (SSSR count). The molecule has 26 heavy (non-hydrogen) atoms. The average Bonchev–Trinajstić information content (AvgIpc) is 3.07. The second-order valence-electron chi connectivity index (χ2n) is 6.48. The van der Waals surface area contributed by atoms with Crippen LogP contribution in [0.25, 0.3) is 10.2 Å². The molecule has 0 atom stereocenters. The van der Waals surface area contributed by atoms with E-state index in [0.29, 0.717) is 10.7 Å². The van der Waals surface area contributed by atoms with Gasteiger partial charge in [-0.15, -0.1) is 0 Å². The number of hydrogen-bond acceptors (Lipinski definition) is 5. The Labute approximate surface area is 156 Å². The third kappa shape index (κ3) is 3.77. The maximum absolute atomic E-state index is 12.5. The van der Waals surface area contributed by atoms with Crippen LogP contribution in [0.2, 0.25) is 0 Å². The van der Waals surface area contributed by atoms with Crippen LogP contribution in [0.1, 0.15) is 21.5 Å². The van der Waals surface area contributed by atoms with Crippen LogP contribution in [0.5, 0.6) is 0 Å². The number of hydrogen-bond donors (Lipinski definition) is 1. The van der Waals surface area contributed by atoms with Gasteiger partial charge < -0.3 is 4.74 Å². The Morgan fingerprint density at radius 3 is 2.69 bits per heavy atom. The Bertz CT molecular complexity index is 914. The van der Waals surface area contributed by atoms with E-state index in [0.717, 1.165) is 48.6 Å². The van der Waals surface area contributed by atoms with Crippen LogP contribution >= 0.6 is 11.3 Å². The van der Waals surface area contributed by atoms with Crippen LogP contribution in [0.3, 0.4) is 0 Å². The maximum Gasteiger partial charge on any atom is 0.257 e. The van der Waals surface area contributed by atoms with Gasteiger partial charge >= 0.3 is 0 Å². The lowest BCUT2D eigenvalue weighted by molar-refractivity contribution is 0.0342. The van der Waals surface area contributed by atoms with Gasteiger partial charge in [-0.05, 0) is 36.2 Å². The van der Waals surface area contributed by atoms with Crippen molar-refractivity contribution in [2.45, 2.75) is 13.5 Å². The molecule has 2 heterocycles. The molecule has 5 nitrogen and oxygen atoms in total. The first-order chi connectivity index (χ1) is 12.7. The summed E-state index contributed by atoms with van der Waals surface area (Å²) in [6.45, 7) is 6.42. The number of aryl methyl sites for hydroxylation is 1. The van der Waals surface area contributed by atoms with E-state index in [2.05, 4.69) is 15.2 Å². The normalized spacial score (nSPS) is 15.3. The van der Waals surface area contributed by atoms with E-state index in [9.17, 15) is 4.79 Å². The van der Waals surface area contributed by atoms with Crippen LogP contribution in [-0.4, -0.2) is 42.1 Å². The number of carbonyl (C=O) groups is 1. The summed E-state index contributed by atoms with van der Waals surface area (Å²) in [6, 6.07) is 13.9. The molecule has 1 N–H and O–H groups in total. The van der Waals surface area contributed by atoms with E-state index in [-0.39, 0.29) is 5.91 Å². The summed E-state index contributed by atoms with van der Waals surface area (Å²) in [5, 5.41) is 3.55. The monoisotopic (exact) mass is 367 g/mol. The Morgan fingerprint density at radius 1 is 1.19 bits per heavy atom. The van der Waals surface area contributed by atoms with E-state index in [1.807, 2.05) is 49.4 Å². The summed E-state index contributed by atoms with van der Waals surface area (Å²) in [7, 11) is 0. The number of aromatic nitrogens is 1. The average molecular weight is 367 g/mol. The number of carbonyl (C=O) groups excluding carboxylic acids is 1. The largest absolute Gasteiger partial charge is 0.379 e. The molecule has 0 unspecified atom stereocenters. The predicted octanol–water partition coefficient (Wildman–Crippen LogP) is 3.69. The molecule has 134 valence electrons. The number of benzene rings is 2. The Morgan fingerprint density at radius 2 is 1.96 bits per heavy atom. The number of thiazole rings is 1. The van der Waals surface area contributed by atoms with Gasteiger partial charge in [0.15, 0.2) is 5.13 Å². The van der Waals surface area contributed by atoms with Crippen molar-refractivity contribution in [3.8, 4) is 0 Å². The molecule has 1 amide bonds.